The molecule has 0 radical (unpaired) electrons. The smallest absolute Gasteiger partial charge is 0.217 e. The Morgan fingerprint density at radius 2 is 1.94 bits per heavy atom. The zero-order valence-corrected chi connectivity index (χ0v) is 18.5. The standard InChI is InChI=1S/C26H34FN3O/c1-19(31)29-26(23-8-7-21-11-14-28-25(21)18-23)22-12-16-30(17-13-22)15-3-2-4-20-5-9-24(27)10-6-20/h5-10,18,22,26,28H,2-4,11-17H2,1H3,(H,29,31). The summed E-state index contributed by atoms with van der Waals surface area (Å²) >= 11 is 0. The van der Waals surface area contributed by atoms with Gasteiger partial charge < -0.3 is 15.5 Å². The van der Waals surface area contributed by atoms with E-state index in [-0.39, 0.29) is 17.8 Å². The Bertz CT molecular complexity index is 875. The summed E-state index contributed by atoms with van der Waals surface area (Å²) in [6.45, 7) is 5.90. The predicted molar refractivity (Wildman–Crippen MR) is 124 cm³/mol. The van der Waals surface area contributed by atoms with E-state index in [0.717, 1.165) is 64.7 Å². The van der Waals surface area contributed by atoms with Crippen LogP contribution >= 0.6 is 0 Å². The molecule has 1 unspecified atom stereocenters. The van der Waals surface area contributed by atoms with Crippen molar-refractivity contribution in [3.63, 3.8) is 0 Å². The molecule has 31 heavy (non-hydrogen) atoms. The second-order valence-electron chi connectivity index (χ2n) is 9.03. The van der Waals surface area contributed by atoms with E-state index < -0.39 is 0 Å². The van der Waals surface area contributed by atoms with Crippen molar-refractivity contribution in [2.75, 3.05) is 31.5 Å². The van der Waals surface area contributed by atoms with Crippen molar-refractivity contribution in [1.29, 1.82) is 0 Å². The van der Waals surface area contributed by atoms with Crippen LogP contribution in [0, 0.1) is 11.7 Å². The van der Waals surface area contributed by atoms with E-state index in [9.17, 15) is 9.18 Å². The highest BCUT2D eigenvalue weighted by atomic mass is 19.1. The zero-order chi connectivity index (χ0) is 21.6. The SMILES string of the molecule is CC(=O)NC(c1ccc2c(c1)NCC2)C1CCN(CCCCc2ccc(F)cc2)CC1. The van der Waals surface area contributed by atoms with Crippen molar-refractivity contribution in [2.45, 2.75) is 51.5 Å². The number of unbranched alkanes of at least 4 members (excludes halogenated alkanes) is 1. The van der Waals surface area contributed by atoms with Crippen LogP contribution < -0.4 is 10.6 Å². The lowest BCUT2D eigenvalue weighted by molar-refractivity contribution is -0.120. The van der Waals surface area contributed by atoms with Gasteiger partial charge in [0, 0.05) is 19.2 Å². The molecule has 5 heteroatoms. The molecule has 2 heterocycles. The van der Waals surface area contributed by atoms with Gasteiger partial charge in [-0.1, -0.05) is 24.3 Å². The molecule has 166 valence electrons. The third-order valence-electron chi connectivity index (χ3n) is 6.77. The van der Waals surface area contributed by atoms with Crippen LogP contribution in [0.2, 0.25) is 0 Å². The van der Waals surface area contributed by atoms with Gasteiger partial charge in [-0.25, -0.2) is 4.39 Å². The van der Waals surface area contributed by atoms with E-state index in [0.29, 0.717) is 5.92 Å². The summed E-state index contributed by atoms with van der Waals surface area (Å²) in [5.74, 6) is 0.348. The lowest BCUT2D eigenvalue weighted by Crippen LogP contribution is -2.40. The molecule has 2 N–H and O–H groups in total. The number of nitrogens with zero attached hydrogens (tertiary/aromatic N) is 1. The van der Waals surface area contributed by atoms with Gasteiger partial charge in [0.05, 0.1) is 6.04 Å². The topological polar surface area (TPSA) is 44.4 Å². The van der Waals surface area contributed by atoms with Crippen LogP contribution in [0.1, 0.15) is 55.3 Å². The fourth-order valence-electron chi connectivity index (χ4n) is 5.02. The van der Waals surface area contributed by atoms with Gasteiger partial charge in [-0.15, -0.1) is 0 Å². The van der Waals surface area contributed by atoms with Crippen LogP contribution in [-0.2, 0) is 17.6 Å². The van der Waals surface area contributed by atoms with Crippen molar-refractivity contribution in [2.24, 2.45) is 5.92 Å². The molecule has 1 fully saturated rings. The molecule has 0 bridgehead atoms. The number of carbonyl (C=O) groups is 1. The molecule has 0 spiro atoms. The fraction of sp³-hybridized carbons (Fsp3) is 0.500. The van der Waals surface area contributed by atoms with Gasteiger partial charge in [0.25, 0.3) is 0 Å². The number of hydrogen-bond acceptors (Lipinski definition) is 3. The molecule has 2 aromatic carbocycles. The Hall–Kier alpha value is -2.40. The molecule has 2 aliphatic rings. The van der Waals surface area contributed by atoms with E-state index in [1.54, 1.807) is 19.1 Å². The molecule has 2 aliphatic heterocycles. The van der Waals surface area contributed by atoms with Crippen molar-refractivity contribution in [3.05, 3.63) is 65.0 Å². The first-order valence-electron chi connectivity index (χ1n) is 11.7. The highest BCUT2D eigenvalue weighted by Gasteiger charge is 2.29. The van der Waals surface area contributed by atoms with E-state index in [1.807, 2.05) is 12.1 Å². The largest absolute Gasteiger partial charge is 0.384 e. The maximum absolute atomic E-state index is 13.0. The lowest BCUT2D eigenvalue weighted by Gasteiger charge is -2.36. The molecule has 1 amide bonds. The summed E-state index contributed by atoms with van der Waals surface area (Å²) in [5, 5.41) is 6.70. The molecule has 4 nitrogen and oxygen atoms in total. The zero-order valence-electron chi connectivity index (χ0n) is 18.5. The Labute approximate surface area is 185 Å². The highest BCUT2D eigenvalue weighted by molar-refractivity contribution is 5.73. The van der Waals surface area contributed by atoms with Gasteiger partial charge in [0.1, 0.15) is 5.82 Å². The third-order valence-corrected chi connectivity index (χ3v) is 6.77. The Morgan fingerprint density at radius 1 is 1.16 bits per heavy atom. The quantitative estimate of drug-likeness (QED) is 0.605. The average molecular weight is 424 g/mol. The van der Waals surface area contributed by atoms with Crippen molar-refractivity contribution in [1.82, 2.24) is 10.2 Å². The molecule has 0 aromatic heterocycles. The van der Waals surface area contributed by atoms with Crippen LogP contribution in [0.3, 0.4) is 0 Å². The van der Waals surface area contributed by atoms with Crippen LogP contribution in [0.25, 0.3) is 0 Å². The minimum absolute atomic E-state index is 0.0432. The maximum Gasteiger partial charge on any atom is 0.217 e. The highest BCUT2D eigenvalue weighted by Crippen LogP contribution is 2.34. The maximum atomic E-state index is 13.0. The predicted octanol–water partition coefficient (Wildman–Crippen LogP) is 4.71. The molecule has 4 rings (SSSR count). The van der Waals surface area contributed by atoms with Gasteiger partial charge in [-0.3, -0.25) is 4.79 Å². The Balaban J connectivity index is 1.26. The Morgan fingerprint density at radius 3 is 2.68 bits per heavy atom. The summed E-state index contributed by atoms with van der Waals surface area (Å²) in [6.07, 6.45) is 6.59. The first-order chi connectivity index (χ1) is 15.1. The molecule has 0 saturated carbocycles. The number of amides is 1. The van der Waals surface area contributed by atoms with Gasteiger partial charge in [0.2, 0.25) is 5.91 Å². The monoisotopic (exact) mass is 423 g/mol. The number of likely N-dealkylation sites (tertiary alicyclic amines) is 1. The minimum Gasteiger partial charge on any atom is -0.384 e. The second-order valence-corrected chi connectivity index (χ2v) is 9.03. The number of halogens is 1. The Kier molecular flexibility index (Phi) is 7.23. The molecule has 1 saturated heterocycles. The number of anilines is 1. The second kappa shape index (κ2) is 10.3. The average Bonchev–Trinajstić information content (AvgIpc) is 3.25. The van der Waals surface area contributed by atoms with Crippen molar-refractivity contribution in [3.8, 4) is 0 Å². The lowest BCUT2D eigenvalue weighted by atomic mass is 9.84. The van der Waals surface area contributed by atoms with Crippen molar-refractivity contribution < 1.29 is 9.18 Å². The first-order valence-corrected chi connectivity index (χ1v) is 11.7. The van der Waals surface area contributed by atoms with E-state index in [1.165, 1.54) is 22.4 Å². The summed E-state index contributed by atoms with van der Waals surface area (Å²) < 4.78 is 13.0. The normalized spacial score (nSPS) is 17.7. The molecular weight excluding hydrogens is 389 g/mol. The van der Waals surface area contributed by atoms with E-state index in [2.05, 4.69) is 33.7 Å². The number of piperidine rings is 1. The van der Waals surface area contributed by atoms with Crippen LogP contribution in [0.4, 0.5) is 10.1 Å². The number of rotatable bonds is 8. The van der Waals surface area contributed by atoms with Gasteiger partial charge in [0.15, 0.2) is 0 Å². The van der Waals surface area contributed by atoms with E-state index >= 15 is 0 Å². The van der Waals surface area contributed by atoms with Gasteiger partial charge in [-0.2, -0.15) is 0 Å². The van der Waals surface area contributed by atoms with Crippen molar-refractivity contribution >= 4 is 11.6 Å². The van der Waals surface area contributed by atoms with Crippen LogP contribution in [0.15, 0.2) is 42.5 Å². The summed E-state index contributed by atoms with van der Waals surface area (Å²) in [5.41, 5.74) is 5.04. The fourth-order valence-corrected chi connectivity index (χ4v) is 5.02. The third kappa shape index (κ3) is 5.85. The molecular formula is C26H34FN3O. The summed E-state index contributed by atoms with van der Waals surface area (Å²) in [4.78, 5) is 14.5. The summed E-state index contributed by atoms with van der Waals surface area (Å²) in [7, 11) is 0. The number of benzene rings is 2. The van der Waals surface area contributed by atoms with E-state index in [4.69, 9.17) is 0 Å². The van der Waals surface area contributed by atoms with Crippen LogP contribution in [-0.4, -0.2) is 37.0 Å². The number of hydrogen-bond donors (Lipinski definition) is 2. The van der Waals surface area contributed by atoms with Crippen LogP contribution in [0.5, 0.6) is 0 Å². The molecule has 0 aliphatic carbocycles. The van der Waals surface area contributed by atoms with Gasteiger partial charge in [-0.05, 0) is 99.0 Å². The number of aryl methyl sites for hydroxylation is 1. The number of nitrogens with one attached hydrogen (secondary N) is 2. The number of carbonyl (C=O) groups excluding carboxylic acids is 1. The number of fused-ring (bicyclic) bond motifs is 1. The van der Waals surface area contributed by atoms with Gasteiger partial charge >= 0.3 is 0 Å². The minimum atomic E-state index is -0.166. The molecule has 2 aromatic rings. The first kappa shape index (κ1) is 21.8. The molecule has 1 atom stereocenters. The summed E-state index contributed by atoms with van der Waals surface area (Å²) in [6, 6.07) is 13.6.